The molecule has 0 saturated carbocycles. The molecular formula is C15H15ClFN3OS. The second kappa shape index (κ2) is 5.93. The van der Waals surface area contributed by atoms with E-state index < -0.39 is 0 Å². The van der Waals surface area contributed by atoms with Gasteiger partial charge in [0.1, 0.15) is 11.6 Å². The summed E-state index contributed by atoms with van der Waals surface area (Å²) in [7, 11) is 0. The van der Waals surface area contributed by atoms with Gasteiger partial charge >= 0.3 is 0 Å². The summed E-state index contributed by atoms with van der Waals surface area (Å²) in [5.74, 6) is 0.551. The van der Waals surface area contributed by atoms with E-state index in [1.54, 1.807) is 16.9 Å². The molecule has 0 radical (unpaired) electrons. The van der Waals surface area contributed by atoms with E-state index in [1.165, 1.54) is 23.9 Å². The molecule has 1 N–H and O–H groups in total. The zero-order valence-corrected chi connectivity index (χ0v) is 13.7. The van der Waals surface area contributed by atoms with E-state index in [-0.39, 0.29) is 23.0 Å². The van der Waals surface area contributed by atoms with Crippen LogP contribution in [0.15, 0.2) is 24.4 Å². The molecule has 2 heterocycles. The van der Waals surface area contributed by atoms with Gasteiger partial charge in [-0.2, -0.15) is 5.10 Å². The van der Waals surface area contributed by atoms with Gasteiger partial charge in [-0.05, 0) is 31.5 Å². The Kier molecular flexibility index (Phi) is 4.14. The number of fused-ring (bicyclic) bond motifs is 1. The Hall–Kier alpha value is -1.53. The summed E-state index contributed by atoms with van der Waals surface area (Å²) < 4.78 is 15.1. The molecule has 0 aliphatic carbocycles. The number of hydrogen-bond donors (Lipinski definition) is 1. The maximum absolute atomic E-state index is 13.3. The van der Waals surface area contributed by atoms with E-state index in [9.17, 15) is 9.18 Å². The summed E-state index contributed by atoms with van der Waals surface area (Å²) in [6.45, 7) is 3.99. The van der Waals surface area contributed by atoms with Gasteiger partial charge in [0.2, 0.25) is 5.91 Å². The van der Waals surface area contributed by atoms with Gasteiger partial charge in [-0.3, -0.25) is 4.79 Å². The fourth-order valence-corrected chi connectivity index (χ4v) is 3.95. The molecule has 0 spiro atoms. The van der Waals surface area contributed by atoms with E-state index in [0.29, 0.717) is 16.6 Å². The molecule has 0 fully saturated rings. The Labute approximate surface area is 137 Å². The predicted molar refractivity (Wildman–Crippen MR) is 87.0 cm³/mol. The maximum atomic E-state index is 13.3. The molecule has 1 aromatic heterocycles. The van der Waals surface area contributed by atoms with E-state index in [1.807, 2.05) is 13.8 Å². The summed E-state index contributed by atoms with van der Waals surface area (Å²) in [6.07, 6.45) is 1.75. The third-order valence-corrected chi connectivity index (χ3v) is 5.08. The summed E-state index contributed by atoms with van der Waals surface area (Å²) in [5.41, 5.74) is 1.67. The van der Waals surface area contributed by atoms with Gasteiger partial charge in [-0.25, -0.2) is 9.07 Å². The molecule has 0 bridgehead atoms. The van der Waals surface area contributed by atoms with Gasteiger partial charge in [-0.1, -0.05) is 17.7 Å². The van der Waals surface area contributed by atoms with Gasteiger partial charge in [-0.15, -0.1) is 11.8 Å². The molecule has 7 heteroatoms. The van der Waals surface area contributed by atoms with Gasteiger partial charge in [0.05, 0.1) is 17.2 Å². The minimum Gasteiger partial charge on any atom is -0.310 e. The first kappa shape index (κ1) is 15.4. The number of nitrogens with one attached hydrogen (secondary N) is 1. The van der Waals surface area contributed by atoms with E-state index >= 15 is 0 Å². The third-order valence-electron chi connectivity index (χ3n) is 3.48. The summed E-state index contributed by atoms with van der Waals surface area (Å²) in [6, 6.07) is 4.47. The van der Waals surface area contributed by atoms with Gasteiger partial charge in [0.25, 0.3) is 0 Å². The van der Waals surface area contributed by atoms with Crippen LogP contribution in [0.25, 0.3) is 0 Å². The molecule has 1 aromatic carbocycles. The first-order chi connectivity index (χ1) is 10.5. The van der Waals surface area contributed by atoms with Crippen molar-refractivity contribution in [2.75, 3.05) is 11.1 Å². The monoisotopic (exact) mass is 339 g/mol. The minimum atomic E-state index is -0.375. The number of anilines is 1. The second-order valence-corrected chi connectivity index (χ2v) is 6.89. The van der Waals surface area contributed by atoms with Crippen molar-refractivity contribution in [2.45, 2.75) is 25.1 Å². The Balaban J connectivity index is 2.12. The molecule has 1 atom stereocenters. The lowest BCUT2D eigenvalue weighted by Gasteiger charge is -2.16. The van der Waals surface area contributed by atoms with Crippen molar-refractivity contribution in [1.82, 2.24) is 9.78 Å². The largest absolute Gasteiger partial charge is 0.310 e. The van der Waals surface area contributed by atoms with Gasteiger partial charge in [0, 0.05) is 16.6 Å². The molecule has 1 amide bonds. The molecule has 1 aliphatic heterocycles. The molecule has 4 nitrogen and oxygen atoms in total. The van der Waals surface area contributed by atoms with Crippen LogP contribution in [0.5, 0.6) is 0 Å². The molecule has 116 valence electrons. The van der Waals surface area contributed by atoms with Crippen LogP contribution in [0.3, 0.4) is 0 Å². The van der Waals surface area contributed by atoms with Crippen molar-refractivity contribution in [3.63, 3.8) is 0 Å². The highest BCUT2D eigenvalue weighted by molar-refractivity contribution is 8.00. The number of carbonyl (C=O) groups excluding carboxylic acids is 1. The zero-order valence-electron chi connectivity index (χ0n) is 12.1. The minimum absolute atomic E-state index is 0.0746. The Morgan fingerprint density at radius 3 is 2.91 bits per heavy atom. The Morgan fingerprint density at radius 2 is 2.23 bits per heavy atom. The first-order valence-corrected chi connectivity index (χ1v) is 8.34. The van der Waals surface area contributed by atoms with Crippen LogP contribution in [0, 0.1) is 5.82 Å². The number of thioether (sulfide) groups is 1. The number of rotatable bonds is 2. The maximum Gasteiger partial charge on any atom is 0.235 e. The number of carbonyl (C=O) groups is 1. The van der Waals surface area contributed by atoms with Crippen LogP contribution in [0.4, 0.5) is 10.2 Å². The number of hydrogen-bond acceptors (Lipinski definition) is 3. The van der Waals surface area contributed by atoms with E-state index in [4.69, 9.17) is 11.6 Å². The Bertz CT molecular complexity index is 732. The van der Waals surface area contributed by atoms with Crippen LogP contribution in [-0.2, 0) is 4.79 Å². The molecule has 3 rings (SSSR count). The summed E-state index contributed by atoms with van der Waals surface area (Å²) in [5, 5.41) is 7.47. The number of nitrogens with zero attached hydrogens (tertiary/aromatic N) is 2. The summed E-state index contributed by atoms with van der Waals surface area (Å²) in [4.78, 5) is 12.0. The number of amides is 1. The Morgan fingerprint density at radius 1 is 1.45 bits per heavy atom. The molecule has 1 unspecified atom stereocenters. The highest BCUT2D eigenvalue weighted by atomic mass is 35.5. The standard InChI is InChI=1S/C15H15ClFN3OS/c1-8(2)20-15-11(6-18-20)14(22-7-13(21)19-15)10-4-3-9(17)5-12(10)16/h3-6,8,14H,7H2,1-2H3,(H,19,21). The summed E-state index contributed by atoms with van der Waals surface area (Å²) >= 11 is 7.66. The lowest BCUT2D eigenvalue weighted by Crippen LogP contribution is -2.17. The van der Waals surface area contributed by atoms with Crippen LogP contribution >= 0.6 is 23.4 Å². The van der Waals surface area contributed by atoms with Crippen LogP contribution in [0.2, 0.25) is 5.02 Å². The zero-order chi connectivity index (χ0) is 15.9. The van der Waals surface area contributed by atoms with Crippen molar-refractivity contribution in [1.29, 1.82) is 0 Å². The SMILES string of the molecule is CC(C)n1ncc2c1NC(=O)CSC2c1ccc(F)cc1Cl. The van der Waals surface area contributed by atoms with Crippen molar-refractivity contribution in [3.05, 3.63) is 46.4 Å². The average Bonchev–Trinajstić information content (AvgIpc) is 2.78. The van der Waals surface area contributed by atoms with Crippen molar-refractivity contribution >= 4 is 35.1 Å². The van der Waals surface area contributed by atoms with Crippen molar-refractivity contribution in [3.8, 4) is 0 Å². The molecule has 1 aliphatic rings. The lowest BCUT2D eigenvalue weighted by molar-refractivity contribution is -0.113. The predicted octanol–water partition coefficient (Wildman–Crippen LogP) is 4.03. The topological polar surface area (TPSA) is 46.9 Å². The van der Waals surface area contributed by atoms with Gasteiger partial charge in [0.15, 0.2) is 0 Å². The van der Waals surface area contributed by atoms with E-state index in [0.717, 1.165) is 11.1 Å². The van der Waals surface area contributed by atoms with E-state index in [2.05, 4.69) is 10.4 Å². The lowest BCUT2D eigenvalue weighted by atomic mass is 10.1. The van der Waals surface area contributed by atoms with Crippen LogP contribution in [-0.4, -0.2) is 21.4 Å². The van der Waals surface area contributed by atoms with Crippen molar-refractivity contribution < 1.29 is 9.18 Å². The third kappa shape index (κ3) is 2.73. The molecule has 2 aromatic rings. The van der Waals surface area contributed by atoms with Gasteiger partial charge < -0.3 is 5.32 Å². The fraction of sp³-hybridized carbons (Fsp3) is 0.333. The second-order valence-electron chi connectivity index (χ2n) is 5.39. The smallest absolute Gasteiger partial charge is 0.235 e. The molecule has 0 saturated heterocycles. The number of aromatic nitrogens is 2. The number of halogens is 2. The fourth-order valence-electron chi connectivity index (χ4n) is 2.48. The molecular weight excluding hydrogens is 325 g/mol. The van der Waals surface area contributed by atoms with Crippen LogP contribution in [0.1, 0.15) is 36.3 Å². The quantitative estimate of drug-likeness (QED) is 0.898. The number of benzene rings is 1. The van der Waals surface area contributed by atoms with Crippen LogP contribution < -0.4 is 5.32 Å². The highest BCUT2D eigenvalue weighted by Gasteiger charge is 2.29. The highest BCUT2D eigenvalue weighted by Crippen LogP contribution is 2.44. The average molecular weight is 340 g/mol. The molecule has 22 heavy (non-hydrogen) atoms. The normalized spacial score (nSPS) is 18.0. The first-order valence-electron chi connectivity index (χ1n) is 6.91. The van der Waals surface area contributed by atoms with Crippen molar-refractivity contribution in [2.24, 2.45) is 0 Å².